The van der Waals surface area contributed by atoms with E-state index >= 15 is 0 Å². The normalized spacial score (nSPS) is 11.6. The van der Waals surface area contributed by atoms with Crippen LogP contribution in [0.4, 0.5) is 5.69 Å². The summed E-state index contributed by atoms with van der Waals surface area (Å²) in [5, 5.41) is 5.22. The minimum atomic E-state index is -0.610. The fourth-order valence-corrected chi connectivity index (χ4v) is 1.45. The lowest BCUT2D eigenvalue weighted by Gasteiger charge is -2.15. The predicted molar refractivity (Wildman–Crippen MR) is 66.5 cm³/mol. The van der Waals surface area contributed by atoms with E-state index in [9.17, 15) is 9.59 Å². The van der Waals surface area contributed by atoms with Gasteiger partial charge >= 0.3 is 0 Å². The van der Waals surface area contributed by atoms with Crippen molar-refractivity contribution >= 4 is 30.1 Å². The van der Waals surface area contributed by atoms with Crippen LogP contribution in [0, 0.1) is 0 Å². The van der Waals surface area contributed by atoms with E-state index in [4.69, 9.17) is 0 Å². The van der Waals surface area contributed by atoms with Crippen molar-refractivity contribution in [2.24, 2.45) is 0 Å². The van der Waals surface area contributed by atoms with E-state index in [2.05, 4.69) is 23.3 Å². The zero-order valence-electron chi connectivity index (χ0n) is 8.93. The van der Waals surface area contributed by atoms with Crippen molar-refractivity contribution in [1.82, 2.24) is 5.32 Å². The molecule has 2 N–H and O–H groups in total. The molecular formula is C11H14N2O2S. The molecular weight excluding hydrogens is 224 g/mol. The SMILES string of the molecule is CC(=O)N[C@H](CS)C(=O)Nc1ccccc1. The number of carbonyl (C=O) groups is 2. The number of para-hydroxylation sites is 1. The smallest absolute Gasteiger partial charge is 0.247 e. The molecule has 0 aliphatic rings. The number of amides is 2. The van der Waals surface area contributed by atoms with Crippen molar-refractivity contribution in [3.63, 3.8) is 0 Å². The van der Waals surface area contributed by atoms with Gasteiger partial charge in [0.05, 0.1) is 0 Å². The minimum Gasteiger partial charge on any atom is -0.344 e. The van der Waals surface area contributed by atoms with Crippen molar-refractivity contribution in [2.75, 3.05) is 11.1 Å². The minimum absolute atomic E-state index is 0.248. The standard InChI is InChI=1S/C11H14N2O2S/c1-8(14)12-10(7-16)11(15)13-9-5-3-2-4-6-9/h2-6,10,16H,7H2,1H3,(H,12,14)(H,13,15)/t10-/m1/s1. The van der Waals surface area contributed by atoms with Crippen molar-refractivity contribution in [2.45, 2.75) is 13.0 Å². The third-order valence-corrected chi connectivity index (χ3v) is 2.28. The Morgan fingerprint density at radius 2 is 1.94 bits per heavy atom. The van der Waals surface area contributed by atoms with Crippen LogP contribution in [0.15, 0.2) is 30.3 Å². The van der Waals surface area contributed by atoms with Crippen LogP contribution in [0.25, 0.3) is 0 Å². The van der Waals surface area contributed by atoms with Crippen LogP contribution in [-0.2, 0) is 9.59 Å². The molecule has 1 aromatic carbocycles. The summed E-state index contributed by atoms with van der Waals surface area (Å²) in [6.07, 6.45) is 0. The molecule has 0 radical (unpaired) electrons. The molecule has 0 fully saturated rings. The molecule has 0 heterocycles. The molecule has 86 valence electrons. The van der Waals surface area contributed by atoms with Gasteiger partial charge in [0.1, 0.15) is 6.04 Å². The Kier molecular flexibility index (Phi) is 4.85. The number of carbonyl (C=O) groups excluding carboxylic acids is 2. The fourth-order valence-electron chi connectivity index (χ4n) is 1.19. The van der Waals surface area contributed by atoms with E-state index in [0.717, 1.165) is 0 Å². The lowest BCUT2D eigenvalue weighted by atomic mass is 10.2. The molecule has 1 aromatic rings. The summed E-state index contributed by atoms with van der Waals surface area (Å²) in [6, 6.07) is 8.45. The highest BCUT2D eigenvalue weighted by atomic mass is 32.1. The maximum Gasteiger partial charge on any atom is 0.247 e. The molecule has 0 bridgehead atoms. The number of hydrogen-bond donors (Lipinski definition) is 3. The van der Waals surface area contributed by atoms with E-state index in [0.29, 0.717) is 5.69 Å². The van der Waals surface area contributed by atoms with Crippen LogP contribution >= 0.6 is 12.6 Å². The Morgan fingerprint density at radius 3 is 2.44 bits per heavy atom. The van der Waals surface area contributed by atoms with Gasteiger partial charge in [0.25, 0.3) is 0 Å². The number of thiol groups is 1. The number of anilines is 1. The topological polar surface area (TPSA) is 58.2 Å². The van der Waals surface area contributed by atoms with Gasteiger partial charge in [-0.2, -0.15) is 12.6 Å². The zero-order chi connectivity index (χ0) is 12.0. The van der Waals surface area contributed by atoms with E-state index in [1.165, 1.54) is 6.92 Å². The van der Waals surface area contributed by atoms with Gasteiger partial charge < -0.3 is 10.6 Å². The molecule has 5 heteroatoms. The van der Waals surface area contributed by atoms with Gasteiger partial charge in [0.2, 0.25) is 11.8 Å². The molecule has 0 saturated heterocycles. The molecule has 1 rings (SSSR count). The van der Waals surface area contributed by atoms with Crippen molar-refractivity contribution < 1.29 is 9.59 Å². The van der Waals surface area contributed by atoms with Crippen LogP contribution in [-0.4, -0.2) is 23.6 Å². The number of rotatable bonds is 4. The number of nitrogens with one attached hydrogen (secondary N) is 2. The summed E-state index contributed by atoms with van der Waals surface area (Å²) < 4.78 is 0. The van der Waals surface area contributed by atoms with Crippen molar-refractivity contribution in [3.8, 4) is 0 Å². The fraction of sp³-hybridized carbons (Fsp3) is 0.273. The maximum atomic E-state index is 11.7. The number of benzene rings is 1. The zero-order valence-corrected chi connectivity index (χ0v) is 9.83. The van der Waals surface area contributed by atoms with E-state index < -0.39 is 6.04 Å². The highest BCUT2D eigenvalue weighted by molar-refractivity contribution is 7.80. The molecule has 16 heavy (non-hydrogen) atoms. The predicted octanol–water partition coefficient (Wildman–Crippen LogP) is 1.06. The molecule has 4 nitrogen and oxygen atoms in total. The van der Waals surface area contributed by atoms with Gasteiger partial charge in [-0.25, -0.2) is 0 Å². The first-order valence-electron chi connectivity index (χ1n) is 4.87. The molecule has 0 aromatic heterocycles. The van der Waals surface area contributed by atoms with Gasteiger partial charge in [0.15, 0.2) is 0 Å². The van der Waals surface area contributed by atoms with Crippen LogP contribution < -0.4 is 10.6 Å². The molecule has 2 amide bonds. The van der Waals surface area contributed by atoms with Gasteiger partial charge in [-0.05, 0) is 12.1 Å². The summed E-state index contributed by atoms with van der Waals surface area (Å²) in [6.45, 7) is 1.37. The van der Waals surface area contributed by atoms with Gasteiger partial charge in [0, 0.05) is 18.4 Å². The number of hydrogen-bond acceptors (Lipinski definition) is 3. The monoisotopic (exact) mass is 238 g/mol. The molecule has 0 saturated carbocycles. The molecule has 0 aliphatic heterocycles. The van der Waals surface area contributed by atoms with E-state index in [1.807, 2.05) is 18.2 Å². The summed E-state index contributed by atoms with van der Waals surface area (Å²) in [5.41, 5.74) is 0.699. The molecule has 0 unspecified atom stereocenters. The Morgan fingerprint density at radius 1 is 1.31 bits per heavy atom. The van der Waals surface area contributed by atoms with Gasteiger partial charge in [-0.15, -0.1) is 0 Å². The lowest BCUT2D eigenvalue weighted by Crippen LogP contribution is -2.44. The first-order chi connectivity index (χ1) is 7.63. The second-order valence-corrected chi connectivity index (χ2v) is 3.66. The average molecular weight is 238 g/mol. The Labute approximate surface area is 99.8 Å². The Balaban J connectivity index is 2.59. The van der Waals surface area contributed by atoms with Crippen molar-refractivity contribution in [1.29, 1.82) is 0 Å². The summed E-state index contributed by atoms with van der Waals surface area (Å²) in [5.74, 6) is -0.253. The van der Waals surface area contributed by atoms with Crippen molar-refractivity contribution in [3.05, 3.63) is 30.3 Å². The van der Waals surface area contributed by atoms with Gasteiger partial charge in [-0.1, -0.05) is 18.2 Å². The largest absolute Gasteiger partial charge is 0.344 e. The third kappa shape index (κ3) is 3.94. The summed E-state index contributed by atoms with van der Waals surface area (Å²) in [7, 11) is 0. The lowest BCUT2D eigenvalue weighted by molar-refractivity contribution is -0.124. The molecule has 0 aliphatic carbocycles. The third-order valence-electron chi connectivity index (χ3n) is 1.92. The van der Waals surface area contributed by atoms with E-state index in [1.54, 1.807) is 12.1 Å². The van der Waals surface area contributed by atoms with Crippen LogP contribution in [0.3, 0.4) is 0 Å². The van der Waals surface area contributed by atoms with Gasteiger partial charge in [-0.3, -0.25) is 9.59 Å². The van der Waals surface area contributed by atoms with Crippen LogP contribution in [0.5, 0.6) is 0 Å². The molecule has 1 atom stereocenters. The maximum absolute atomic E-state index is 11.7. The first kappa shape index (κ1) is 12.6. The average Bonchev–Trinajstić information content (AvgIpc) is 2.26. The van der Waals surface area contributed by atoms with Crippen LogP contribution in [0.1, 0.15) is 6.92 Å². The summed E-state index contributed by atoms with van der Waals surface area (Å²) >= 11 is 4.02. The second kappa shape index (κ2) is 6.17. The Bertz CT molecular complexity index is 368. The Hall–Kier alpha value is -1.49. The summed E-state index contributed by atoms with van der Waals surface area (Å²) in [4.78, 5) is 22.5. The highest BCUT2D eigenvalue weighted by Crippen LogP contribution is 2.05. The highest BCUT2D eigenvalue weighted by Gasteiger charge is 2.17. The molecule has 0 spiro atoms. The second-order valence-electron chi connectivity index (χ2n) is 3.29. The van der Waals surface area contributed by atoms with E-state index in [-0.39, 0.29) is 17.6 Å². The first-order valence-corrected chi connectivity index (χ1v) is 5.50. The quantitative estimate of drug-likeness (QED) is 0.687. The van der Waals surface area contributed by atoms with Crippen LogP contribution in [0.2, 0.25) is 0 Å².